The van der Waals surface area contributed by atoms with E-state index in [9.17, 15) is 9.59 Å². The Bertz CT molecular complexity index is 2250. The SMILES string of the molecule is COc1cc2c(cc1OCCC(CCOc1cc3c(cc1OC)C(=O)N1Cc4ccccc4C[C@H]1C=N3)c1ccncc1)N=C[C@@H]1Cc3ccccc3CN1C2=O. The highest BCUT2D eigenvalue weighted by molar-refractivity contribution is 6.04. The second kappa shape index (κ2) is 15.6. The van der Waals surface area contributed by atoms with Crippen molar-refractivity contribution >= 4 is 35.6 Å². The fraction of sp³-hybridized carbons (Fsp3) is 0.283. The molecule has 0 unspecified atom stereocenters. The minimum Gasteiger partial charge on any atom is -0.493 e. The molecule has 4 aromatic carbocycles. The van der Waals surface area contributed by atoms with Gasteiger partial charge in [0.1, 0.15) is 0 Å². The van der Waals surface area contributed by atoms with Crippen molar-refractivity contribution in [3.05, 3.63) is 136 Å². The summed E-state index contributed by atoms with van der Waals surface area (Å²) in [6.07, 6.45) is 10.1. The van der Waals surface area contributed by atoms with Crippen LogP contribution in [0.4, 0.5) is 11.4 Å². The second-order valence-corrected chi connectivity index (χ2v) is 14.8. The van der Waals surface area contributed by atoms with E-state index in [1.165, 1.54) is 11.1 Å². The number of hydrogen-bond donors (Lipinski definition) is 0. The van der Waals surface area contributed by atoms with Gasteiger partial charge in [-0.2, -0.15) is 0 Å². The van der Waals surface area contributed by atoms with Crippen molar-refractivity contribution in [1.82, 2.24) is 14.8 Å². The third-order valence-corrected chi connectivity index (χ3v) is 11.5. The van der Waals surface area contributed by atoms with Crippen LogP contribution >= 0.6 is 0 Å². The summed E-state index contributed by atoms with van der Waals surface area (Å²) in [5.41, 5.74) is 8.03. The number of amides is 2. The number of ether oxygens (including phenoxy) is 4. The Morgan fingerprint density at radius 2 is 1.07 bits per heavy atom. The smallest absolute Gasteiger partial charge is 0.257 e. The highest BCUT2D eigenvalue weighted by atomic mass is 16.5. The number of carbonyl (C=O) groups excluding carboxylic acids is 2. The number of aliphatic imine (C=N–C) groups is 2. The Morgan fingerprint density at radius 3 is 1.53 bits per heavy atom. The molecule has 2 amide bonds. The molecule has 4 aliphatic heterocycles. The number of pyridine rings is 1. The molecule has 288 valence electrons. The van der Waals surface area contributed by atoms with Crippen LogP contribution in [0.1, 0.15) is 67.3 Å². The monoisotopic (exact) mass is 761 g/mol. The standard InChI is InChI=1S/C46H43N5O6/c1-54-41-21-37-39(48-25-35-19-31-7-3-5-9-33(31)27-50(35)45(37)52)23-43(41)56-17-13-30(29-11-15-47-16-12-29)14-18-57-44-24-40-38(22-42(44)55-2)46(53)51-28-34-10-6-4-8-32(34)20-36(51)26-49-40/h3-12,15-16,21-26,30,35-36H,13-14,17-20,27-28H2,1-2H3/t35-,36-/m0/s1. The largest absolute Gasteiger partial charge is 0.493 e. The van der Waals surface area contributed by atoms with Crippen LogP contribution in [0, 0.1) is 0 Å². The fourth-order valence-electron chi connectivity index (χ4n) is 8.38. The van der Waals surface area contributed by atoms with Crippen LogP contribution in [0.15, 0.2) is 107 Å². The summed E-state index contributed by atoms with van der Waals surface area (Å²) in [7, 11) is 3.16. The molecule has 0 fully saturated rings. The molecule has 57 heavy (non-hydrogen) atoms. The number of nitrogens with zero attached hydrogens (tertiary/aromatic N) is 5. The molecule has 2 atom stereocenters. The molecule has 0 spiro atoms. The zero-order valence-corrected chi connectivity index (χ0v) is 32.0. The average molecular weight is 762 g/mol. The van der Waals surface area contributed by atoms with E-state index in [-0.39, 0.29) is 29.8 Å². The van der Waals surface area contributed by atoms with Gasteiger partial charge < -0.3 is 28.7 Å². The molecule has 0 radical (unpaired) electrons. The Hall–Kier alpha value is -6.49. The van der Waals surface area contributed by atoms with Gasteiger partial charge in [-0.3, -0.25) is 24.6 Å². The van der Waals surface area contributed by atoms with Crippen molar-refractivity contribution in [3.8, 4) is 23.0 Å². The van der Waals surface area contributed by atoms with Gasteiger partial charge in [0, 0.05) is 50.0 Å². The fourth-order valence-corrected chi connectivity index (χ4v) is 8.38. The van der Waals surface area contributed by atoms with Crippen molar-refractivity contribution in [1.29, 1.82) is 0 Å². The van der Waals surface area contributed by atoms with E-state index in [2.05, 4.69) is 29.2 Å². The summed E-state index contributed by atoms with van der Waals surface area (Å²) < 4.78 is 24.3. The number of benzene rings is 4. The summed E-state index contributed by atoms with van der Waals surface area (Å²) in [6.45, 7) is 1.83. The molecule has 5 aromatic rings. The zero-order valence-electron chi connectivity index (χ0n) is 32.0. The van der Waals surface area contributed by atoms with Crippen LogP contribution in [-0.2, 0) is 25.9 Å². The van der Waals surface area contributed by atoms with Crippen molar-refractivity contribution in [2.24, 2.45) is 9.98 Å². The number of rotatable bonds is 11. The van der Waals surface area contributed by atoms with Gasteiger partial charge in [-0.15, -0.1) is 0 Å². The lowest BCUT2D eigenvalue weighted by Gasteiger charge is -2.34. The van der Waals surface area contributed by atoms with E-state index in [1.807, 2.05) is 58.6 Å². The predicted octanol–water partition coefficient (Wildman–Crippen LogP) is 7.69. The molecule has 11 nitrogen and oxygen atoms in total. The highest BCUT2D eigenvalue weighted by Gasteiger charge is 2.35. The lowest BCUT2D eigenvalue weighted by Crippen LogP contribution is -2.44. The van der Waals surface area contributed by atoms with Gasteiger partial charge in [0.15, 0.2) is 23.0 Å². The molecular weight excluding hydrogens is 719 g/mol. The topological polar surface area (TPSA) is 115 Å². The lowest BCUT2D eigenvalue weighted by molar-refractivity contribution is 0.0696. The predicted molar refractivity (Wildman–Crippen MR) is 217 cm³/mol. The third kappa shape index (κ3) is 7.09. The average Bonchev–Trinajstić information content (AvgIpc) is 3.46. The molecule has 11 heteroatoms. The quantitative estimate of drug-likeness (QED) is 0.136. The Balaban J connectivity index is 0.887. The van der Waals surface area contributed by atoms with E-state index in [4.69, 9.17) is 28.9 Å². The molecule has 0 saturated heterocycles. The number of methoxy groups -OCH3 is 2. The second-order valence-electron chi connectivity index (χ2n) is 14.8. The molecule has 9 rings (SSSR count). The van der Waals surface area contributed by atoms with Crippen LogP contribution in [0.25, 0.3) is 0 Å². The van der Waals surface area contributed by atoms with E-state index in [1.54, 1.807) is 50.9 Å². The Morgan fingerprint density at radius 1 is 0.614 bits per heavy atom. The van der Waals surface area contributed by atoms with Crippen LogP contribution in [0.2, 0.25) is 0 Å². The van der Waals surface area contributed by atoms with Crippen molar-refractivity contribution in [2.75, 3.05) is 27.4 Å². The number of fused-ring (bicyclic) bond motifs is 6. The molecule has 0 saturated carbocycles. The first-order chi connectivity index (χ1) is 28.0. The van der Waals surface area contributed by atoms with Gasteiger partial charge in [-0.1, -0.05) is 48.5 Å². The Kier molecular flexibility index (Phi) is 9.88. The normalized spacial score (nSPS) is 17.7. The van der Waals surface area contributed by atoms with Crippen molar-refractivity contribution in [2.45, 2.75) is 56.8 Å². The lowest BCUT2D eigenvalue weighted by atomic mass is 9.94. The minimum atomic E-state index is -0.125. The molecule has 0 bridgehead atoms. The number of aromatic nitrogens is 1. The van der Waals surface area contributed by atoms with E-state index in [0.29, 0.717) is 84.6 Å². The van der Waals surface area contributed by atoms with Gasteiger partial charge in [-0.05, 0) is 83.7 Å². The molecule has 4 aliphatic rings. The molecule has 5 heterocycles. The van der Waals surface area contributed by atoms with Crippen LogP contribution in [0.3, 0.4) is 0 Å². The maximum absolute atomic E-state index is 13.9. The van der Waals surface area contributed by atoms with Gasteiger partial charge >= 0.3 is 0 Å². The first kappa shape index (κ1) is 36.2. The number of carbonyl (C=O) groups is 2. The zero-order chi connectivity index (χ0) is 38.9. The third-order valence-electron chi connectivity index (χ3n) is 11.5. The van der Waals surface area contributed by atoms with Crippen LogP contribution in [-0.4, -0.2) is 78.5 Å². The molecule has 0 aliphatic carbocycles. The maximum Gasteiger partial charge on any atom is 0.257 e. The summed E-state index contributed by atoms with van der Waals surface area (Å²) in [6, 6.07) is 27.4. The highest BCUT2D eigenvalue weighted by Crippen LogP contribution is 2.41. The van der Waals surface area contributed by atoms with E-state index >= 15 is 0 Å². The van der Waals surface area contributed by atoms with Crippen molar-refractivity contribution in [3.63, 3.8) is 0 Å². The number of hydrogen-bond acceptors (Lipinski definition) is 9. The maximum atomic E-state index is 13.9. The first-order valence-electron chi connectivity index (χ1n) is 19.4. The van der Waals surface area contributed by atoms with Crippen LogP contribution in [0.5, 0.6) is 23.0 Å². The molecule has 1 aromatic heterocycles. The van der Waals surface area contributed by atoms with Crippen molar-refractivity contribution < 1.29 is 28.5 Å². The summed E-state index contributed by atoms with van der Waals surface area (Å²) >= 11 is 0. The summed E-state index contributed by atoms with van der Waals surface area (Å²) in [5.74, 6) is 1.94. The molecule has 0 N–H and O–H groups in total. The van der Waals surface area contributed by atoms with Gasteiger partial charge in [-0.25, -0.2) is 0 Å². The van der Waals surface area contributed by atoms with E-state index in [0.717, 1.165) is 29.5 Å². The minimum absolute atomic E-state index is 0.0703. The summed E-state index contributed by atoms with van der Waals surface area (Å²) in [4.78, 5) is 45.3. The first-order valence-corrected chi connectivity index (χ1v) is 19.4. The van der Waals surface area contributed by atoms with E-state index < -0.39 is 0 Å². The van der Waals surface area contributed by atoms with Gasteiger partial charge in [0.2, 0.25) is 0 Å². The van der Waals surface area contributed by atoms with Gasteiger partial charge in [0.25, 0.3) is 11.8 Å². The van der Waals surface area contributed by atoms with Gasteiger partial charge in [0.05, 0.1) is 62.0 Å². The molecular formula is C46H43N5O6. The summed E-state index contributed by atoms with van der Waals surface area (Å²) in [5, 5.41) is 0. The Labute approximate surface area is 331 Å². The van der Waals surface area contributed by atoms with Crippen LogP contribution < -0.4 is 18.9 Å².